The lowest BCUT2D eigenvalue weighted by molar-refractivity contribution is -0.114. The van der Waals surface area contributed by atoms with Crippen LogP contribution in [0.5, 0.6) is 0 Å². The fraction of sp³-hybridized carbons (Fsp3) is 0.100. The van der Waals surface area contributed by atoms with Gasteiger partial charge in [-0.15, -0.1) is 0 Å². The van der Waals surface area contributed by atoms with Crippen LogP contribution in [-0.2, 0) is 19.4 Å². The smallest absolute Gasteiger partial charge is 0.239 e. The highest BCUT2D eigenvalue weighted by Crippen LogP contribution is 2.20. The summed E-state index contributed by atoms with van der Waals surface area (Å²) < 4.78 is 25.1. The van der Waals surface area contributed by atoms with Gasteiger partial charge < -0.3 is 10.6 Å². The predicted octanol–water partition coefficient (Wildman–Crippen LogP) is 3.21. The highest BCUT2D eigenvalue weighted by atomic mass is 32.2. The van der Waals surface area contributed by atoms with Crippen LogP contribution in [0.25, 0.3) is 10.8 Å². The van der Waals surface area contributed by atoms with Crippen molar-refractivity contribution in [2.24, 2.45) is 0 Å². The molecule has 0 unspecified atom stereocenters. The Morgan fingerprint density at radius 3 is 2.04 bits per heavy atom. The normalized spacial score (nSPS) is 11.1. The number of benzene rings is 3. The van der Waals surface area contributed by atoms with Gasteiger partial charge >= 0.3 is 0 Å². The van der Waals surface area contributed by atoms with E-state index in [4.69, 9.17) is 0 Å². The summed E-state index contributed by atoms with van der Waals surface area (Å²) in [5.41, 5.74) is 1.03. The van der Waals surface area contributed by atoms with Crippen molar-refractivity contribution in [1.82, 2.24) is 0 Å². The van der Waals surface area contributed by atoms with Gasteiger partial charge in [0.25, 0.3) is 0 Å². The third-order valence-corrected chi connectivity index (χ3v) is 5.50. The molecule has 0 aromatic heterocycles. The number of rotatable bonds is 5. The van der Waals surface area contributed by atoms with E-state index in [9.17, 15) is 18.0 Å². The molecule has 0 aliphatic carbocycles. The van der Waals surface area contributed by atoms with Gasteiger partial charge in [-0.1, -0.05) is 30.3 Å². The van der Waals surface area contributed by atoms with Crippen LogP contribution in [0.2, 0.25) is 0 Å². The van der Waals surface area contributed by atoms with Crippen LogP contribution in [0.15, 0.2) is 71.6 Å². The lowest BCUT2D eigenvalue weighted by Crippen LogP contribution is -2.23. The van der Waals surface area contributed by atoms with E-state index in [0.717, 1.165) is 10.8 Å². The predicted molar refractivity (Wildman–Crippen MR) is 105 cm³/mol. The molecule has 0 radical (unpaired) electrons. The first-order chi connectivity index (χ1) is 12.8. The van der Waals surface area contributed by atoms with Gasteiger partial charge in [0.15, 0.2) is 9.84 Å². The number of amides is 2. The van der Waals surface area contributed by atoms with Crippen LogP contribution in [0.3, 0.4) is 0 Å². The number of sulfone groups is 1. The number of carbonyl (C=O) groups is 2. The van der Waals surface area contributed by atoms with Gasteiger partial charge in [0.2, 0.25) is 11.8 Å². The molecule has 2 N–H and O–H groups in total. The largest absolute Gasteiger partial charge is 0.326 e. The first kappa shape index (κ1) is 18.6. The van der Waals surface area contributed by atoms with Gasteiger partial charge in [0.1, 0.15) is 5.75 Å². The summed E-state index contributed by atoms with van der Waals surface area (Å²) in [7, 11) is -3.76. The fourth-order valence-corrected chi connectivity index (χ4v) is 3.82. The van der Waals surface area contributed by atoms with Crippen molar-refractivity contribution in [3.05, 3.63) is 66.7 Å². The number of hydrogen-bond acceptors (Lipinski definition) is 4. The molecule has 138 valence electrons. The SMILES string of the molecule is CC(=O)Nc1ccc(NC(=O)CS(=O)(=O)c2ccc3ccccc3c2)cc1. The van der Waals surface area contributed by atoms with Gasteiger partial charge in [-0.05, 0) is 47.2 Å². The molecule has 0 saturated carbocycles. The molecule has 0 aliphatic heterocycles. The third kappa shape index (κ3) is 4.71. The minimum Gasteiger partial charge on any atom is -0.326 e. The molecule has 6 nitrogen and oxygen atoms in total. The van der Waals surface area contributed by atoms with E-state index < -0.39 is 21.5 Å². The van der Waals surface area contributed by atoms with E-state index in [1.807, 2.05) is 24.3 Å². The van der Waals surface area contributed by atoms with Crippen LogP contribution in [0, 0.1) is 0 Å². The molecule has 0 spiro atoms. The molecule has 0 fully saturated rings. The fourth-order valence-electron chi connectivity index (χ4n) is 2.65. The van der Waals surface area contributed by atoms with Gasteiger partial charge in [-0.25, -0.2) is 8.42 Å². The van der Waals surface area contributed by atoms with Crippen molar-refractivity contribution >= 4 is 43.8 Å². The molecule has 3 aromatic carbocycles. The zero-order valence-corrected chi connectivity index (χ0v) is 15.4. The topological polar surface area (TPSA) is 92.3 Å². The summed E-state index contributed by atoms with van der Waals surface area (Å²) in [6, 6.07) is 18.6. The number of anilines is 2. The van der Waals surface area contributed by atoms with Gasteiger partial charge in [0.05, 0.1) is 4.90 Å². The van der Waals surface area contributed by atoms with E-state index in [-0.39, 0.29) is 10.8 Å². The Labute approximate surface area is 157 Å². The molecule has 3 rings (SSSR count). The van der Waals surface area contributed by atoms with Crippen molar-refractivity contribution < 1.29 is 18.0 Å². The first-order valence-corrected chi connectivity index (χ1v) is 9.88. The van der Waals surface area contributed by atoms with Gasteiger partial charge in [-0.2, -0.15) is 0 Å². The third-order valence-electron chi connectivity index (χ3n) is 3.89. The average Bonchev–Trinajstić information content (AvgIpc) is 2.62. The molecule has 0 bridgehead atoms. The highest BCUT2D eigenvalue weighted by Gasteiger charge is 2.19. The van der Waals surface area contributed by atoms with Crippen LogP contribution < -0.4 is 10.6 Å². The molecular formula is C20H18N2O4S. The van der Waals surface area contributed by atoms with Crippen molar-refractivity contribution in [2.45, 2.75) is 11.8 Å². The van der Waals surface area contributed by atoms with Crippen LogP contribution in [-0.4, -0.2) is 26.0 Å². The molecule has 3 aromatic rings. The molecule has 2 amide bonds. The standard InChI is InChI=1S/C20H18N2O4S/c1-14(23)21-17-7-9-18(10-8-17)22-20(24)13-27(25,26)19-11-6-15-4-2-3-5-16(15)12-19/h2-12H,13H2,1H3,(H,21,23)(H,22,24). The first-order valence-electron chi connectivity index (χ1n) is 8.22. The van der Waals surface area contributed by atoms with E-state index >= 15 is 0 Å². The van der Waals surface area contributed by atoms with Gasteiger partial charge in [0, 0.05) is 18.3 Å². The van der Waals surface area contributed by atoms with Crippen molar-refractivity contribution in [1.29, 1.82) is 0 Å². The van der Waals surface area contributed by atoms with Crippen LogP contribution >= 0.6 is 0 Å². The Kier molecular flexibility index (Phi) is 5.23. The van der Waals surface area contributed by atoms with Crippen LogP contribution in [0.4, 0.5) is 11.4 Å². The summed E-state index contributed by atoms with van der Waals surface area (Å²) in [4.78, 5) is 23.3. The molecule has 27 heavy (non-hydrogen) atoms. The van der Waals surface area contributed by atoms with E-state index in [1.165, 1.54) is 13.0 Å². The summed E-state index contributed by atoms with van der Waals surface area (Å²) in [6.07, 6.45) is 0. The highest BCUT2D eigenvalue weighted by molar-refractivity contribution is 7.92. The molecule has 0 saturated heterocycles. The summed E-state index contributed by atoms with van der Waals surface area (Å²) in [5, 5.41) is 6.90. The lowest BCUT2D eigenvalue weighted by atomic mass is 10.1. The minimum atomic E-state index is -3.76. The Balaban J connectivity index is 1.71. The maximum Gasteiger partial charge on any atom is 0.239 e. The number of nitrogens with one attached hydrogen (secondary N) is 2. The zero-order chi connectivity index (χ0) is 19.4. The summed E-state index contributed by atoms with van der Waals surface area (Å²) in [5.74, 6) is -1.48. The van der Waals surface area contributed by atoms with E-state index in [0.29, 0.717) is 11.4 Å². The number of hydrogen-bond donors (Lipinski definition) is 2. The second kappa shape index (κ2) is 7.59. The monoisotopic (exact) mass is 382 g/mol. The Bertz CT molecular complexity index is 1110. The average molecular weight is 382 g/mol. The molecule has 7 heteroatoms. The van der Waals surface area contributed by atoms with Crippen molar-refractivity contribution in [2.75, 3.05) is 16.4 Å². The summed E-state index contributed by atoms with van der Waals surface area (Å²) >= 11 is 0. The maximum absolute atomic E-state index is 12.5. The van der Waals surface area contributed by atoms with E-state index in [1.54, 1.807) is 36.4 Å². The Morgan fingerprint density at radius 2 is 1.41 bits per heavy atom. The molecule has 0 heterocycles. The minimum absolute atomic E-state index is 0.109. The quantitative estimate of drug-likeness (QED) is 0.709. The second-order valence-corrected chi connectivity index (χ2v) is 8.06. The molecular weight excluding hydrogens is 364 g/mol. The second-order valence-electron chi connectivity index (χ2n) is 6.07. The number of fused-ring (bicyclic) bond motifs is 1. The zero-order valence-electron chi connectivity index (χ0n) is 14.6. The van der Waals surface area contributed by atoms with Gasteiger partial charge in [-0.3, -0.25) is 9.59 Å². The number of carbonyl (C=O) groups excluding carboxylic acids is 2. The van der Waals surface area contributed by atoms with E-state index in [2.05, 4.69) is 10.6 Å². The molecule has 0 atom stereocenters. The van der Waals surface area contributed by atoms with Crippen LogP contribution in [0.1, 0.15) is 6.92 Å². The van der Waals surface area contributed by atoms with Crippen molar-refractivity contribution in [3.63, 3.8) is 0 Å². The lowest BCUT2D eigenvalue weighted by Gasteiger charge is -2.08. The maximum atomic E-state index is 12.5. The Hall–Kier alpha value is -3.19. The Morgan fingerprint density at radius 1 is 0.815 bits per heavy atom. The summed E-state index contributed by atoms with van der Waals surface area (Å²) in [6.45, 7) is 1.40. The van der Waals surface area contributed by atoms with Crippen molar-refractivity contribution in [3.8, 4) is 0 Å². The molecule has 0 aliphatic rings.